The molecule has 0 aromatic heterocycles. The Kier molecular flexibility index (Phi) is 76.3. The lowest BCUT2D eigenvalue weighted by Gasteiger charge is -2.20. The highest BCUT2D eigenvalue weighted by atomic mass is 16.5. The van der Waals surface area contributed by atoms with Crippen molar-refractivity contribution in [3.8, 4) is 0 Å². The second-order valence-electron chi connectivity index (χ2n) is 28.1. The number of rotatable bonds is 77. The summed E-state index contributed by atoms with van der Waals surface area (Å²) in [4.78, 5) is 24.7. The summed E-state index contributed by atoms with van der Waals surface area (Å²) in [5, 5.41) is 23.3. The summed E-state index contributed by atoms with van der Waals surface area (Å²) in [7, 11) is 0. The van der Waals surface area contributed by atoms with Crippen molar-refractivity contribution < 1.29 is 24.5 Å². The quantitative estimate of drug-likeness (QED) is 0.0320. The number of carbonyl (C=O) groups is 2. The van der Waals surface area contributed by atoms with Gasteiger partial charge in [0.25, 0.3) is 0 Å². The molecule has 0 aliphatic rings. The van der Waals surface area contributed by atoms with E-state index in [0.717, 1.165) is 38.5 Å². The average Bonchev–Trinajstić information content (AvgIpc) is 3.58. The minimum atomic E-state index is -0.843. The normalized spacial score (nSPS) is 12.5. The molecule has 2 atom stereocenters. The summed E-state index contributed by atoms with van der Waals surface area (Å²) in [5.74, 6) is -0.0362. The first-order valence-electron chi connectivity index (χ1n) is 40.6. The number of hydrogen-bond acceptors (Lipinski definition) is 5. The van der Waals surface area contributed by atoms with Crippen molar-refractivity contribution >= 4 is 11.9 Å². The van der Waals surface area contributed by atoms with E-state index in [-0.39, 0.29) is 18.5 Å². The van der Waals surface area contributed by atoms with Crippen molar-refractivity contribution in [1.82, 2.24) is 5.32 Å². The summed E-state index contributed by atoms with van der Waals surface area (Å²) in [6, 6.07) is -0.626. The van der Waals surface area contributed by atoms with Gasteiger partial charge in [-0.1, -0.05) is 417 Å². The maximum atomic E-state index is 12.5. The Labute approximate surface area is 551 Å². The first-order valence-corrected chi connectivity index (χ1v) is 40.6. The fourth-order valence-electron chi connectivity index (χ4n) is 13.0. The van der Waals surface area contributed by atoms with Crippen LogP contribution in [-0.2, 0) is 14.3 Å². The van der Waals surface area contributed by atoms with Gasteiger partial charge in [0.15, 0.2) is 0 Å². The van der Waals surface area contributed by atoms with Crippen LogP contribution >= 0.6 is 0 Å². The molecule has 6 nitrogen and oxygen atoms in total. The van der Waals surface area contributed by atoms with E-state index in [0.29, 0.717) is 19.4 Å². The van der Waals surface area contributed by atoms with E-state index in [4.69, 9.17) is 4.74 Å². The lowest BCUT2D eigenvalue weighted by Crippen LogP contribution is -2.45. The number of aliphatic hydroxyl groups excluding tert-OH is 2. The topological polar surface area (TPSA) is 95.9 Å². The monoisotopic (exact) mass is 1240 g/mol. The summed E-state index contributed by atoms with van der Waals surface area (Å²) >= 11 is 0. The number of esters is 1. The number of hydrogen-bond donors (Lipinski definition) is 3. The standard InChI is InChI=1S/C82H159NO5/c1-3-5-7-9-11-13-15-17-19-21-23-39-42-46-50-54-58-62-66-70-74-80(85)79(78-84)83-81(86)75-71-67-63-59-55-51-47-43-40-37-35-33-31-29-27-25-24-26-28-30-32-34-36-38-41-45-49-53-57-61-65-69-73-77-88-82(87)76-72-68-64-60-56-52-48-44-22-20-18-16-14-12-10-8-6-4-2/h28,30,70,74,79-80,84-85H,3-27,29,31-69,71-73,75-78H2,1-2H3,(H,83,86)/b30-28-,74-70+. The minimum absolute atomic E-state index is 0.0240. The molecule has 0 spiro atoms. The molecule has 88 heavy (non-hydrogen) atoms. The molecule has 1 amide bonds. The molecule has 0 radical (unpaired) electrons. The third kappa shape index (κ3) is 73.4. The first kappa shape index (κ1) is 86.3. The molecule has 0 aliphatic carbocycles. The van der Waals surface area contributed by atoms with Gasteiger partial charge in [0.1, 0.15) is 0 Å². The molecule has 0 rings (SSSR count). The fraction of sp³-hybridized carbons (Fsp3) is 0.927. The molecule has 0 saturated heterocycles. The van der Waals surface area contributed by atoms with Crippen molar-refractivity contribution in [3.63, 3.8) is 0 Å². The van der Waals surface area contributed by atoms with E-state index < -0.39 is 12.1 Å². The maximum absolute atomic E-state index is 12.5. The average molecular weight is 1240 g/mol. The van der Waals surface area contributed by atoms with Crippen LogP contribution in [0.4, 0.5) is 0 Å². The zero-order valence-electron chi connectivity index (χ0n) is 60.0. The second kappa shape index (κ2) is 77.8. The highest BCUT2D eigenvalue weighted by molar-refractivity contribution is 5.76. The van der Waals surface area contributed by atoms with Crippen LogP contribution in [0.5, 0.6) is 0 Å². The van der Waals surface area contributed by atoms with Crippen LogP contribution in [0.2, 0.25) is 0 Å². The summed E-state index contributed by atoms with van der Waals surface area (Å²) in [5.41, 5.74) is 0. The largest absolute Gasteiger partial charge is 0.466 e. The number of nitrogens with one attached hydrogen (secondary N) is 1. The third-order valence-electron chi connectivity index (χ3n) is 19.2. The molecule has 0 fully saturated rings. The molecule has 0 saturated carbocycles. The summed E-state index contributed by atoms with van der Waals surface area (Å²) in [6.07, 6.45) is 100. The molecular weight excluding hydrogens is 1080 g/mol. The van der Waals surface area contributed by atoms with E-state index in [2.05, 4.69) is 31.3 Å². The molecule has 0 bridgehead atoms. The van der Waals surface area contributed by atoms with Crippen LogP contribution in [0.1, 0.15) is 463 Å². The molecule has 2 unspecified atom stereocenters. The van der Waals surface area contributed by atoms with E-state index in [9.17, 15) is 19.8 Å². The Morgan fingerprint density at radius 1 is 0.307 bits per heavy atom. The Balaban J connectivity index is 3.35. The summed E-state index contributed by atoms with van der Waals surface area (Å²) in [6.45, 7) is 4.96. The Hall–Kier alpha value is -1.66. The SMILES string of the molecule is CCCCCCCCCCCCCCCCCCCC/C=C/C(O)C(CO)NC(=O)CCCCCCCCCCCCCCCCCCC/C=C\CCCCCCCCCCCCCCOC(=O)CCCCCCCCCCCCCCCCCCCC. The van der Waals surface area contributed by atoms with Gasteiger partial charge in [-0.05, 0) is 57.8 Å². The highest BCUT2D eigenvalue weighted by Gasteiger charge is 2.18. The molecule has 6 heteroatoms. The van der Waals surface area contributed by atoms with Gasteiger partial charge in [-0.2, -0.15) is 0 Å². The van der Waals surface area contributed by atoms with Gasteiger partial charge in [0, 0.05) is 12.8 Å². The van der Waals surface area contributed by atoms with Crippen molar-refractivity contribution in [2.75, 3.05) is 13.2 Å². The van der Waals surface area contributed by atoms with Gasteiger partial charge in [-0.25, -0.2) is 0 Å². The van der Waals surface area contributed by atoms with Crippen LogP contribution in [0.25, 0.3) is 0 Å². The number of allylic oxidation sites excluding steroid dienone is 3. The molecule has 0 aromatic carbocycles. The van der Waals surface area contributed by atoms with Crippen molar-refractivity contribution in [2.45, 2.75) is 475 Å². The number of ether oxygens (including phenoxy) is 1. The Morgan fingerprint density at radius 3 is 0.807 bits per heavy atom. The highest BCUT2D eigenvalue weighted by Crippen LogP contribution is 2.20. The lowest BCUT2D eigenvalue weighted by molar-refractivity contribution is -0.143. The van der Waals surface area contributed by atoms with Gasteiger partial charge in [-0.3, -0.25) is 9.59 Å². The predicted octanol–water partition coefficient (Wildman–Crippen LogP) is 26.8. The smallest absolute Gasteiger partial charge is 0.305 e. The Bertz CT molecular complexity index is 1380. The van der Waals surface area contributed by atoms with Crippen molar-refractivity contribution in [2.24, 2.45) is 0 Å². The molecule has 522 valence electrons. The molecule has 0 aromatic rings. The molecule has 3 N–H and O–H groups in total. The zero-order valence-corrected chi connectivity index (χ0v) is 60.0. The number of unbranched alkanes of at least 4 members (excludes halogenated alkanes) is 64. The van der Waals surface area contributed by atoms with Crippen LogP contribution < -0.4 is 5.32 Å². The zero-order chi connectivity index (χ0) is 63.5. The van der Waals surface area contributed by atoms with Gasteiger partial charge >= 0.3 is 5.97 Å². The van der Waals surface area contributed by atoms with Crippen molar-refractivity contribution in [1.29, 1.82) is 0 Å². The molecule has 0 heterocycles. The van der Waals surface area contributed by atoms with Gasteiger partial charge in [0.05, 0.1) is 25.4 Å². The third-order valence-corrected chi connectivity index (χ3v) is 19.2. The van der Waals surface area contributed by atoms with Crippen LogP contribution in [0.3, 0.4) is 0 Å². The van der Waals surface area contributed by atoms with Gasteiger partial charge < -0.3 is 20.3 Å². The number of carbonyl (C=O) groups excluding carboxylic acids is 2. The number of aliphatic hydroxyl groups is 2. The summed E-state index contributed by atoms with van der Waals surface area (Å²) < 4.78 is 5.52. The minimum Gasteiger partial charge on any atom is -0.466 e. The first-order chi connectivity index (χ1) is 43.5. The van der Waals surface area contributed by atoms with Crippen LogP contribution in [0.15, 0.2) is 24.3 Å². The van der Waals surface area contributed by atoms with Crippen LogP contribution in [0, 0.1) is 0 Å². The fourth-order valence-corrected chi connectivity index (χ4v) is 13.0. The van der Waals surface area contributed by atoms with Gasteiger partial charge in [0.2, 0.25) is 5.91 Å². The maximum Gasteiger partial charge on any atom is 0.305 e. The van der Waals surface area contributed by atoms with E-state index in [1.54, 1.807) is 6.08 Å². The van der Waals surface area contributed by atoms with E-state index in [1.807, 2.05) is 6.08 Å². The van der Waals surface area contributed by atoms with E-state index >= 15 is 0 Å². The molecular formula is C82H159NO5. The van der Waals surface area contributed by atoms with Crippen molar-refractivity contribution in [3.05, 3.63) is 24.3 Å². The predicted molar refractivity (Wildman–Crippen MR) is 389 cm³/mol. The number of amides is 1. The van der Waals surface area contributed by atoms with Crippen LogP contribution in [-0.4, -0.2) is 47.4 Å². The second-order valence-corrected chi connectivity index (χ2v) is 28.1. The van der Waals surface area contributed by atoms with E-state index in [1.165, 1.54) is 398 Å². The lowest BCUT2D eigenvalue weighted by atomic mass is 10.0. The molecule has 0 aliphatic heterocycles. The Morgan fingerprint density at radius 2 is 0.534 bits per heavy atom. The van der Waals surface area contributed by atoms with Gasteiger partial charge in [-0.15, -0.1) is 0 Å².